The van der Waals surface area contributed by atoms with Crippen molar-refractivity contribution in [3.63, 3.8) is 0 Å². The number of anilines is 1. The van der Waals surface area contributed by atoms with Crippen molar-refractivity contribution in [1.29, 1.82) is 0 Å². The number of hydrazine groups is 1. The molecule has 1 aliphatic carbocycles. The van der Waals surface area contributed by atoms with Gasteiger partial charge >= 0.3 is 0 Å². The fraction of sp³-hybridized carbons (Fsp3) is 0.320. The summed E-state index contributed by atoms with van der Waals surface area (Å²) in [4.78, 5) is 4.30. The Balaban J connectivity index is 1.89. The van der Waals surface area contributed by atoms with Crippen molar-refractivity contribution in [2.45, 2.75) is 44.8 Å². The number of hydrogen-bond donors (Lipinski definition) is 2. The van der Waals surface area contributed by atoms with Crippen molar-refractivity contribution in [2.75, 3.05) is 5.43 Å². The highest BCUT2D eigenvalue weighted by molar-refractivity contribution is 6.99. The van der Waals surface area contributed by atoms with Gasteiger partial charge in [-0.25, -0.2) is 10.8 Å². The Morgan fingerprint density at radius 3 is 2.00 bits per heavy atom. The molecule has 1 heterocycles. The first-order valence-corrected chi connectivity index (χ1v) is 12.6. The highest BCUT2D eigenvalue weighted by Crippen LogP contribution is 2.48. The fourth-order valence-corrected chi connectivity index (χ4v) is 9.14. The second-order valence-corrected chi connectivity index (χ2v) is 13.4. The number of hydrogen-bond acceptors (Lipinski definition) is 4. The second kappa shape index (κ2) is 8.34. The van der Waals surface area contributed by atoms with Crippen LogP contribution in [0.1, 0.15) is 45.3 Å². The van der Waals surface area contributed by atoms with Crippen LogP contribution in [0.15, 0.2) is 79.0 Å². The van der Waals surface area contributed by atoms with E-state index < -0.39 is 8.32 Å². The van der Waals surface area contributed by atoms with E-state index in [0.717, 1.165) is 5.56 Å². The van der Waals surface area contributed by atoms with E-state index in [1.165, 1.54) is 23.2 Å². The van der Waals surface area contributed by atoms with Gasteiger partial charge in [-0.15, -0.1) is 0 Å². The van der Waals surface area contributed by atoms with Crippen molar-refractivity contribution < 1.29 is 4.43 Å². The van der Waals surface area contributed by atoms with Crippen molar-refractivity contribution >= 4 is 24.5 Å². The topological polar surface area (TPSA) is 60.2 Å². The van der Waals surface area contributed by atoms with E-state index in [1.54, 1.807) is 0 Å². The van der Waals surface area contributed by atoms with Crippen molar-refractivity contribution in [2.24, 2.45) is 11.8 Å². The summed E-state index contributed by atoms with van der Waals surface area (Å²) in [7, 11) is -2.62. The number of aromatic nitrogens is 1. The second-order valence-electron chi connectivity index (χ2n) is 9.16. The van der Waals surface area contributed by atoms with Gasteiger partial charge in [-0.1, -0.05) is 81.4 Å². The highest BCUT2D eigenvalue weighted by atomic mass is 28.4. The van der Waals surface area contributed by atoms with Gasteiger partial charge in [0.2, 0.25) is 0 Å². The summed E-state index contributed by atoms with van der Waals surface area (Å²) in [6.07, 6.45) is 4.22. The van der Waals surface area contributed by atoms with E-state index in [0.29, 0.717) is 11.7 Å². The van der Waals surface area contributed by atoms with Crippen LogP contribution in [0.4, 0.5) is 5.82 Å². The molecule has 0 radical (unpaired) electrons. The number of benzene rings is 2. The van der Waals surface area contributed by atoms with Crippen LogP contribution < -0.4 is 21.6 Å². The summed E-state index contributed by atoms with van der Waals surface area (Å²) in [5.74, 6) is 6.84. The molecule has 0 amide bonds. The number of nitrogens with zero attached hydrogens (tertiary/aromatic N) is 1. The van der Waals surface area contributed by atoms with Gasteiger partial charge in [0.15, 0.2) is 0 Å². The van der Waals surface area contributed by atoms with E-state index >= 15 is 0 Å². The number of nitrogens with two attached hydrogens (primary N) is 1. The molecule has 0 bridgehead atoms. The maximum absolute atomic E-state index is 7.43. The number of nitrogens with one attached hydrogen (secondary N) is 1. The fourth-order valence-electron chi connectivity index (χ4n) is 4.42. The lowest BCUT2D eigenvalue weighted by Crippen LogP contribution is -2.67. The molecule has 1 aromatic heterocycles. The van der Waals surface area contributed by atoms with Gasteiger partial charge in [0.05, 0.1) is 6.10 Å². The van der Waals surface area contributed by atoms with Gasteiger partial charge in [-0.3, -0.25) is 0 Å². The molecule has 2 aromatic carbocycles. The van der Waals surface area contributed by atoms with Crippen LogP contribution in [-0.2, 0) is 4.43 Å². The predicted octanol–water partition coefficient (Wildman–Crippen LogP) is 4.39. The molecule has 1 fully saturated rings. The SMILES string of the molecule is CC(C)(C)[Si](OC(c1ccnc(NN)c1)C1CC1)(c1ccccc1)c1ccccc1. The van der Waals surface area contributed by atoms with Crippen molar-refractivity contribution in [3.8, 4) is 0 Å². The molecule has 1 unspecified atom stereocenters. The molecule has 30 heavy (non-hydrogen) atoms. The van der Waals surface area contributed by atoms with Gasteiger partial charge in [0, 0.05) is 6.20 Å². The smallest absolute Gasteiger partial charge is 0.261 e. The first kappa shape index (κ1) is 20.8. The zero-order valence-corrected chi connectivity index (χ0v) is 19.0. The normalized spacial score (nSPS) is 15.6. The van der Waals surface area contributed by atoms with Crippen LogP contribution in [0.25, 0.3) is 0 Å². The van der Waals surface area contributed by atoms with Crippen molar-refractivity contribution in [3.05, 3.63) is 84.6 Å². The Hall–Kier alpha value is -2.47. The molecule has 1 atom stereocenters. The van der Waals surface area contributed by atoms with Crippen LogP contribution in [0.3, 0.4) is 0 Å². The summed E-state index contributed by atoms with van der Waals surface area (Å²) in [6, 6.07) is 25.8. The molecule has 3 N–H and O–H groups in total. The molecule has 0 spiro atoms. The van der Waals surface area contributed by atoms with E-state index in [9.17, 15) is 0 Å². The molecule has 3 aromatic rings. The lowest BCUT2D eigenvalue weighted by molar-refractivity contribution is 0.167. The van der Waals surface area contributed by atoms with Gasteiger partial charge in [-0.2, -0.15) is 0 Å². The first-order valence-electron chi connectivity index (χ1n) is 10.7. The van der Waals surface area contributed by atoms with E-state index in [2.05, 4.69) is 97.9 Å². The minimum absolute atomic E-state index is 0.0198. The average molecular weight is 418 g/mol. The maximum atomic E-state index is 7.43. The highest BCUT2D eigenvalue weighted by Gasteiger charge is 2.53. The lowest BCUT2D eigenvalue weighted by atomic mass is 10.1. The zero-order chi connectivity index (χ0) is 21.2. The minimum Gasteiger partial charge on any atom is -0.400 e. The zero-order valence-electron chi connectivity index (χ0n) is 18.0. The van der Waals surface area contributed by atoms with Gasteiger partial charge in [0.1, 0.15) is 5.82 Å². The molecular formula is C25H31N3OSi. The maximum Gasteiger partial charge on any atom is 0.261 e. The molecule has 0 aliphatic heterocycles. The number of rotatable bonds is 7. The van der Waals surface area contributed by atoms with E-state index in [1.807, 2.05) is 12.3 Å². The third-order valence-electron chi connectivity index (χ3n) is 6.03. The van der Waals surface area contributed by atoms with Crippen LogP contribution >= 0.6 is 0 Å². The quantitative estimate of drug-likeness (QED) is 0.340. The Bertz CT molecular complexity index is 929. The van der Waals surface area contributed by atoms with Crippen molar-refractivity contribution in [1.82, 2.24) is 4.98 Å². The number of nitrogen functional groups attached to an aromatic ring is 1. The average Bonchev–Trinajstić information content (AvgIpc) is 3.60. The van der Waals surface area contributed by atoms with E-state index in [4.69, 9.17) is 10.3 Å². The standard InChI is InChI=1S/C25H31N3OSi/c1-25(2,3)30(21-10-6-4-7-11-21,22-12-8-5-9-13-22)29-24(19-14-15-19)20-16-17-27-23(18-20)28-26/h4-13,16-19,24H,14-15,26H2,1-3H3,(H,27,28). The molecule has 156 valence electrons. The lowest BCUT2D eigenvalue weighted by Gasteiger charge is -2.45. The largest absolute Gasteiger partial charge is 0.400 e. The van der Waals surface area contributed by atoms with Gasteiger partial charge in [0.25, 0.3) is 8.32 Å². The Morgan fingerprint density at radius 1 is 0.967 bits per heavy atom. The summed E-state index contributed by atoms with van der Waals surface area (Å²) in [5, 5.41) is 2.56. The summed E-state index contributed by atoms with van der Waals surface area (Å²) < 4.78 is 7.43. The minimum atomic E-state index is -2.62. The molecule has 0 saturated heterocycles. The molecule has 4 nitrogen and oxygen atoms in total. The Morgan fingerprint density at radius 2 is 1.53 bits per heavy atom. The van der Waals surface area contributed by atoms with Gasteiger partial charge in [-0.05, 0) is 51.9 Å². The summed E-state index contributed by atoms with van der Waals surface area (Å²) in [5.41, 5.74) is 3.83. The summed E-state index contributed by atoms with van der Waals surface area (Å²) in [6.45, 7) is 6.97. The van der Waals surface area contributed by atoms with Crippen LogP contribution in [0, 0.1) is 5.92 Å². The molecule has 4 rings (SSSR count). The third-order valence-corrected chi connectivity index (χ3v) is 11.0. The molecule has 5 heteroatoms. The van der Waals surface area contributed by atoms with Crippen LogP contribution in [-0.4, -0.2) is 13.3 Å². The molecular weight excluding hydrogens is 386 g/mol. The first-order chi connectivity index (χ1) is 14.5. The van der Waals surface area contributed by atoms with Crippen LogP contribution in [0.5, 0.6) is 0 Å². The monoisotopic (exact) mass is 417 g/mol. The van der Waals surface area contributed by atoms with E-state index in [-0.39, 0.29) is 11.1 Å². The predicted molar refractivity (Wildman–Crippen MR) is 126 cm³/mol. The molecule has 1 aliphatic rings. The van der Waals surface area contributed by atoms with Crippen LogP contribution in [0.2, 0.25) is 5.04 Å². The molecule has 1 saturated carbocycles. The Labute approximate surface area is 180 Å². The summed E-state index contributed by atoms with van der Waals surface area (Å²) >= 11 is 0. The third kappa shape index (κ3) is 3.93. The Kier molecular flexibility index (Phi) is 5.78. The number of pyridine rings is 1. The van der Waals surface area contributed by atoms with Gasteiger partial charge < -0.3 is 9.85 Å².